The highest BCUT2D eigenvalue weighted by atomic mass is 16.2. The summed E-state index contributed by atoms with van der Waals surface area (Å²) in [5, 5.41) is 0. The molecule has 1 aromatic carbocycles. The number of rotatable bonds is 3. The average Bonchev–Trinajstić information content (AvgIpc) is 2.62. The fourth-order valence-corrected chi connectivity index (χ4v) is 2.17. The van der Waals surface area contributed by atoms with Gasteiger partial charge in [-0.3, -0.25) is 9.36 Å². The molecule has 0 amide bonds. The van der Waals surface area contributed by atoms with Gasteiger partial charge < -0.3 is 4.90 Å². The van der Waals surface area contributed by atoms with E-state index in [1.807, 2.05) is 45.3 Å². The molecule has 0 fully saturated rings. The van der Waals surface area contributed by atoms with Crippen molar-refractivity contribution in [3.8, 4) is 5.69 Å². The fourth-order valence-electron chi connectivity index (χ4n) is 2.17. The molecule has 19 heavy (non-hydrogen) atoms. The number of aromatic nitrogens is 2. The zero-order valence-corrected chi connectivity index (χ0v) is 11.5. The lowest BCUT2D eigenvalue weighted by Gasteiger charge is -2.15. The molecule has 0 aliphatic carbocycles. The molecular formula is C14H17N3O2. The monoisotopic (exact) mass is 259 g/mol. The minimum atomic E-state index is -0.226. The van der Waals surface area contributed by atoms with Crippen LogP contribution in [0.2, 0.25) is 0 Å². The quantitative estimate of drug-likeness (QED) is 0.782. The predicted octanol–water partition coefficient (Wildman–Crippen LogP) is 1.36. The van der Waals surface area contributed by atoms with E-state index in [1.54, 1.807) is 16.5 Å². The van der Waals surface area contributed by atoms with Gasteiger partial charge in [0.15, 0.2) is 6.29 Å². The van der Waals surface area contributed by atoms with Crippen molar-refractivity contribution in [3.63, 3.8) is 0 Å². The van der Waals surface area contributed by atoms with E-state index < -0.39 is 0 Å². The summed E-state index contributed by atoms with van der Waals surface area (Å²) in [6.07, 6.45) is 0.711. The van der Waals surface area contributed by atoms with Gasteiger partial charge in [0.25, 0.3) is 0 Å². The molecule has 5 nitrogen and oxygen atoms in total. The van der Waals surface area contributed by atoms with E-state index in [1.165, 1.54) is 4.57 Å². The second-order valence-corrected chi connectivity index (χ2v) is 4.74. The highest BCUT2D eigenvalue weighted by molar-refractivity contribution is 5.81. The van der Waals surface area contributed by atoms with Crippen LogP contribution in [0.1, 0.15) is 16.1 Å². The normalized spacial score (nSPS) is 10.5. The smallest absolute Gasteiger partial charge is 0.334 e. The Morgan fingerprint density at radius 3 is 2.47 bits per heavy atom. The Labute approximate surface area is 111 Å². The molecule has 0 N–H and O–H groups in total. The molecule has 0 radical (unpaired) electrons. The van der Waals surface area contributed by atoms with Crippen LogP contribution in [0, 0.1) is 6.92 Å². The van der Waals surface area contributed by atoms with Crippen molar-refractivity contribution in [2.75, 3.05) is 19.0 Å². The standard InChI is InChI=1S/C14H17N3O2/c1-10-6-5-7-11(8-10)17-13(15(2)3)12(9-18)16(4)14(17)19/h5-9H,1-4H3. The number of aldehydes is 1. The maximum absolute atomic E-state index is 12.3. The van der Waals surface area contributed by atoms with E-state index in [0.717, 1.165) is 11.3 Å². The number of imidazole rings is 1. The third kappa shape index (κ3) is 2.07. The van der Waals surface area contributed by atoms with Gasteiger partial charge in [-0.15, -0.1) is 0 Å². The van der Waals surface area contributed by atoms with Crippen LogP contribution in [0.25, 0.3) is 5.69 Å². The Morgan fingerprint density at radius 2 is 1.95 bits per heavy atom. The number of hydrogen-bond donors (Lipinski definition) is 0. The van der Waals surface area contributed by atoms with Gasteiger partial charge >= 0.3 is 5.69 Å². The van der Waals surface area contributed by atoms with Gasteiger partial charge in [-0.2, -0.15) is 0 Å². The first-order chi connectivity index (χ1) is 8.97. The van der Waals surface area contributed by atoms with Crippen molar-refractivity contribution in [2.24, 2.45) is 7.05 Å². The van der Waals surface area contributed by atoms with Crippen molar-refractivity contribution in [1.82, 2.24) is 9.13 Å². The van der Waals surface area contributed by atoms with E-state index in [4.69, 9.17) is 0 Å². The van der Waals surface area contributed by atoms with Gasteiger partial charge in [-0.1, -0.05) is 12.1 Å². The third-order valence-corrected chi connectivity index (χ3v) is 3.08. The maximum Gasteiger partial charge on any atom is 0.334 e. The SMILES string of the molecule is Cc1cccc(-n2c(N(C)C)c(C=O)n(C)c2=O)c1. The molecule has 0 aliphatic heterocycles. The highest BCUT2D eigenvalue weighted by Crippen LogP contribution is 2.20. The summed E-state index contributed by atoms with van der Waals surface area (Å²) >= 11 is 0. The molecule has 0 unspecified atom stereocenters. The molecule has 0 spiro atoms. The molecule has 0 atom stereocenters. The second kappa shape index (κ2) is 4.76. The van der Waals surface area contributed by atoms with E-state index in [-0.39, 0.29) is 5.69 Å². The average molecular weight is 259 g/mol. The van der Waals surface area contributed by atoms with Gasteiger partial charge in [-0.25, -0.2) is 9.36 Å². The van der Waals surface area contributed by atoms with Crippen LogP contribution in [0.3, 0.4) is 0 Å². The lowest BCUT2D eigenvalue weighted by atomic mass is 10.2. The molecule has 0 bridgehead atoms. The number of benzene rings is 1. The van der Waals surface area contributed by atoms with E-state index in [9.17, 15) is 9.59 Å². The summed E-state index contributed by atoms with van der Waals surface area (Å²) in [5.41, 5.74) is 1.97. The second-order valence-electron chi connectivity index (χ2n) is 4.74. The predicted molar refractivity (Wildman–Crippen MR) is 75.5 cm³/mol. The van der Waals surface area contributed by atoms with Crippen molar-refractivity contribution < 1.29 is 4.79 Å². The van der Waals surface area contributed by atoms with E-state index in [2.05, 4.69) is 0 Å². The molecule has 1 heterocycles. The van der Waals surface area contributed by atoms with Gasteiger partial charge in [0.2, 0.25) is 0 Å². The summed E-state index contributed by atoms with van der Waals surface area (Å²) in [6, 6.07) is 7.64. The Balaban J connectivity index is 2.83. The van der Waals surface area contributed by atoms with Crippen LogP contribution in [0.5, 0.6) is 0 Å². The number of anilines is 1. The third-order valence-electron chi connectivity index (χ3n) is 3.08. The number of hydrogen-bond acceptors (Lipinski definition) is 3. The number of aryl methyl sites for hydroxylation is 1. The lowest BCUT2D eigenvalue weighted by Crippen LogP contribution is -2.23. The van der Waals surface area contributed by atoms with Gasteiger partial charge in [0, 0.05) is 21.1 Å². The zero-order valence-electron chi connectivity index (χ0n) is 11.5. The molecule has 2 rings (SSSR count). The van der Waals surface area contributed by atoms with Gasteiger partial charge in [-0.05, 0) is 24.6 Å². The van der Waals surface area contributed by atoms with Crippen LogP contribution in [-0.2, 0) is 7.05 Å². The van der Waals surface area contributed by atoms with Crippen LogP contribution in [0.4, 0.5) is 5.82 Å². The zero-order chi connectivity index (χ0) is 14.2. The fraction of sp³-hybridized carbons (Fsp3) is 0.286. The first-order valence-corrected chi connectivity index (χ1v) is 5.98. The van der Waals surface area contributed by atoms with E-state index >= 15 is 0 Å². The molecule has 1 aromatic heterocycles. The largest absolute Gasteiger partial charge is 0.362 e. The Hall–Kier alpha value is -2.30. The Bertz CT molecular complexity index is 680. The molecule has 0 aliphatic rings. The Kier molecular flexibility index (Phi) is 3.29. The number of carbonyl (C=O) groups is 1. The van der Waals surface area contributed by atoms with Crippen LogP contribution in [-0.4, -0.2) is 29.5 Å². The highest BCUT2D eigenvalue weighted by Gasteiger charge is 2.19. The topological polar surface area (TPSA) is 47.2 Å². The maximum atomic E-state index is 12.3. The molecule has 0 saturated heterocycles. The van der Waals surface area contributed by atoms with Crippen molar-refractivity contribution in [2.45, 2.75) is 6.92 Å². The molecule has 0 saturated carbocycles. The van der Waals surface area contributed by atoms with Crippen molar-refractivity contribution in [3.05, 3.63) is 46.0 Å². The number of nitrogens with zero attached hydrogens (tertiary/aromatic N) is 3. The van der Waals surface area contributed by atoms with Gasteiger partial charge in [0.1, 0.15) is 11.5 Å². The number of carbonyl (C=O) groups excluding carboxylic acids is 1. The summed E-state index contributed by atoms with van der Waals surface area (Å²) in [4.78, 5) is 25.3. The minimum Gasteiger partial charge on any atom is -0.362 e. The van der Waals surface area contributed by atoms with Crippen molar-refractivity contribution in [1.29, 1.82) is 0 Å². The molecular weight excluding hydrogens is 242 g/mol. The summed E-state index contributed by atoms with van der Waals surface area (Å²) < 4.78 is 2.92. The lowest BCUT2D eigenvalue weighted by molar-refractivity contribution is 0.111. The Morgan fingerprint density at radius 1 is 1.26 bits per heavy atom. The van der Waals surface area contributed by atoms with Gasteiger partial charge in [0.05, 0.1) is 5.69 Å². The van der Waals surface area contributed by atoms with Crippen LogP contribution in [0.15, 0.2) is 29.1 Å². The molecule has 2 aromatic rings. The summed E-state index contributed by atoms with van der Waals surface area (Å²) in [6.45, 7) is 1.97. The summed E-state index contributed by atoms with van der Waals surface area (Å²) in [5.74, 6) is 0.591. The van der Waals surface area contributed by atoms with Crippen molar-refractivity contribution >= 4 is 12.1 Å². The van der Waals surface area contributed by atoms with Crippen LogP contribution < -0.4 is 10.6 Å². The first-order valence-electron chi connectivity index (χ1n) is 5.98. The summed E-state index contributed by atoms with van der Waals surface area (Å²) in [7, 11) is 5.23. The minimum absolute atomic E-state index is 0.226. The molecule has 5 heteroatoms. The van der Waals surface area contributed by atoms with E-state index in [0.29, 0.717) is 17.8 Å². The first kappa shape index (κ1) is 13.1. The van der Waals surface area contributed by atoms with Crippen LogP contribution >= 0.6 is 0 Å². The molecule has 100 valence electrons.